The summed E-state index contributed by atoms with van der Waals surface area (Å²) in [5, 5.41) is 3.67. The van der Waals surface area contributed by atoms with Gasteiger partial charge in [0.2, 0.25) is 0 Å². The molecule has 1 heterocycles. The summed E-state index contributed by atoms with van der Waals surface area (Å²) in [6.07, 6.45) is 2.76. The molecular formula is C13H28N2. The van der Waals surface area contributed by atoms with E-state index in [0.717, 1.165) is 11.8 Å². The van der Waals surface area contributed by atoms with Crippen LogP contribution in [0.4, 0.5) is 0 Å². The zero-order valence-corrected chi connectivity index (χ0v) is 10.9. The number of rotatable bonds is 5. The van der Waals surface area contributed by atoms with Crippen molar-refractivity contribution in [3.8, 4) is 0 Å². The molecule has 1 atom stereocenters. The first kappa shape index (κ1) is 13.0. The second kappa shape index (κ2) is 6.49. The van der Waals surface area contributed by atoms with Crippen molar-refractivity contribution in [1.29, 1.82) is 0 Å². The summed E-state index contributed by atoms with van der Waals surface area (Å²) in [6, 6.07) is 0.661. The summed E-state index contributed by atoms with van der Waals surface area (Å²) >= 11 is 0. The van der Waals surface area contributed by atoms with Crippen LogP contribution in [0.2, 0.25) is 0 Å². The highest BCUT2D eigenvalue weighted by Crippen LogP contribution is 2.16. The van der Waals surface area contributed by atoms with Crippen molar-refractivity contribution >= 4 is 0 Å². The average molecular weight is 212 g/mol. The van der Waals surface area contributed by atoms with Crippen LogP contribution in [0.15, 0.2) is 0 Å². The first-order valence-electron chi connectivity index (χ1n) is 6.59. The first-order chi connectivity index (χ1) is 7.13. The molecule has 0 radical (unpaired) electrons. The fourth-order valence-electron chi connectivity index (χ4n) is 2.10. The monoisotopic (exact) mass is 212 g/mol. The van der Waals surface area contributed by atoms with E-state index >= 15 is 0 Å². The van der Waals surface area contributed by atoms with Gasteiger partial charge in [0.05, 0.1) is 0 Å². The van der Waals surface area contributed by atoms with Gasteiger partial charge in [0, 0.05) is 6.04 Å². The zero-order valence-electron chi connectivity index (χ0n) is 10.9. The highest BCUT2D eigenvalue weighted by atomic mass is 15.1. The zero-order chi connectivity index (χ0) is 11.3. The molecule has 1 rings (SSSR count). The summed E-state index contributed by atoms with van der Waals surface area (Å²) < 4.78 is 0. The van der Waals surface area contributed by atoms with Gasteiger partial charge in [-0.3, -0.25) is 0 Å². The fourth-order valence-corrected chi connectivity index (χ4v) is 2.10. The number of hydrogen-bond acceptors (Lipinski definition) is 2. The molecule has 15 heavy (non-hydrogen) atoms. The van der Waals surface area contributed by atoms with Crippen LogP contribution >= 0.6 is 0 Å². The summed E-state index contributed by atoms with van der Waals surface area (Å²) in [6.45, 7) is 14.2. The first-order valence-corrected chi connectivity index (χ1v) is 6.59. The molecule has 0 amide bonds. The Hall–Kier alpha value is -0.0800. The molecule has 0 saturated carbocycles. The summed E-state index contributed by atoms with van der Waals surface area (Å²) in [7, 11) is 0. The second-order valence-corrected chi connectivity index (χ2v) is 5.32. The Bertz CT molecular complexity index is 160. The molecule has 1 aliphatic heterocycles. The third kappa shape index (κ3) is 4.52. The van der Waals surface area contributed by atoms with Crippen LogP contribution in [0.5, 0.6) is 0 Å². The van der Waals surface area contributed by atoms with Crippen LogP contribution in [0, 0.1) is 11.8 Å². The molecule has 2 nitrogen and oxygen atoms in total. The topological polar surface area (TPSA) is 15.3 Å². The lowest BCUT2D eigenvalue weighted by Gasteiger charge is -2.32. The van der Waals surface area contributed by atoms with Gasteiger partial charge in [-0.1, -0.05) is 20.8 Å². The third-order valence-corrected chi connectivity index (χ3v) is 3.88. The molecule has 0 aliphatic carbocycles. The maximum atomic E-state index is 3.67. The van der Waals surface area contributed by atoms with E-state index in [1.807, 2.05) is 0 Å². The number of piperidine rings is 1. The molecule has 1 fully saturated rings. The van der Waals surface area contributed by atoms with E-state index in [9.17, 15) is 0 Å². The fraction of sp³-hybridized carbons (Fsp3) is 1.00. The van der Waals surface area contributed by atoms with Crippen LogP contribution < -0.4 is 5.32 Å². The predicted octanol–water partition coefficient (Wildman–Crippen LogP) is 2.35. The number of hydrogen-bond donors (Lipinski definition) is 1. The highest BCUT2D eigenvalue weighted by Gasteiger charge is 2.18. The molecular weight excluding hydrogens is 184 g/mol. The lowest BCUT2D eigenvalue weighted by Crippen LogP contribution is -2.40. The molecule has 0 spiro atoms. The van der Waals surface area contributed by atoms with Gasteiger partial charge in [0.15, 0.2) is 0 Å². The number of nitrogens with zero attached hydrogens (tertiary/aromatic N) is 1. The molecule has 1 N–H and O–H groups in total. The van der Waals surface area contributed by atoms with Gasteiger partial charge in [-0.2, -0.15) is 0 Å². The Morgan fingerprint density at radius 3 is 2.27 bits per heavy atom. The normalized spacial score (nSPS) is 22.2. The van der Waals surface area contributed by atoms with Crippen molar-refractivity contribution in [2.45, 2.75) is 46.6 Å². The van der Waals surface area contributed by atoms with Gasteiger partial charge >= 0.3 is 0 Å². The van der Waals surface area contributed by atoms with E-state index in [0.29, 0.717) is 6.04 Å². The quantitative estimate of drug-likeness (QED) is 0.752. The Morgan fingerprint density at radius 1 is 1.20 bits per heavy atom. The summed E-state index contributed by atoms with van der Waals surface area (Å²) in [5.74, 6) is 1.66. The highest BCUT2D eigenvalue weighted by molar-refractivity contribution is 4.75. The van der Waals surface area contributed by atoms with Gasteiger partial charge in [-0.15, -0.1) is 0 Å². The Balaban J connectivity index is 2.13. The van der Waals surface area contributed by atoms with E-state index in [4.69, 9.17) is 0 Å². The molecule has 0 bridgehead atoms. The molecule has 0 aromatic heterocycles. The van der Waals surface area contributed by atoms with Crippen LogP contribution in [-0.2, 0) is 0 Å². The van der Waals surface area contributed by atoms with E-state index in [1.165, 1.54) is 39.0 Å². The maximum absolute atomic E-state index is 3.67. The Morgan fingerprint density at radius 2 is 1.80 bits per heavy atom. The van der Waals surface area contributed by atoms with Crippen molar-refractivity contribution in [3.05, 3.63) is 0 Å². The lowest BCUT2D eigenvalue weighted by molar-refractivity contribution is 0.186. The van der Waals surface area contributed by atoms with Crippen LogP contribution in [0.25, 0.3) is 0 Å². The summed E-state index contributed by atoms with van der Waals surface area (Å²) in [5.41, 5.74) is 0. The Labute approximate surface area is 95.4 Å². The van der Waals surface area contributed by atoms with Gasteiger partial charge in [-0.05, 0) is 57.8 Å². The van der Waals surface area contributed by atoms with Crippen LogP contribution in [-0.4, -0.2) is 37.1 Å². The van der Waals surface area contributed by atoms with E-state index in [1.54, 1.807) is 0 Å². The van der Waals surface area contributed by atoms with E-state index in [2.05, 4.69) is 37.9 Å². The van der Waals surface area contributed by atoms with Crippen LogP contribution in [0.3, 0.4) is 0 Å². The third-order valence-electron chi connectivity index (χ3n) is 3.88. The minimum absolute atomic E-state index is 0.661. The molecule has 1 aliphatic rings. The SMILES string of the molecule is CCN1CCC(CNC(C)C(C)C)CC1. The van der Waals surface area contributed by atoms with Crippen molar-refractivity contribution in [2.24, 2.45) is 11.8 Å². The van der Waals surface area contributed by atoms with Crippen molar-refractivity contribution in [1.82, 2.24) is 10.2 Å². The number of likely N-dealkylation sites (tertiary alicyclic amines) is 1. The predicted molar refractivity (Wildman–Crippen MR) is 67.1 cm³/mol. The van der Waals surface area contributed by atoms with Gasteiger partial charge in [-0.25, -0.2) is 0 Å². The van der Waals surface area contributed by atoms with Crippen molar-refractivity contribution < 1.29 is 0 Å². The smallest absolute Gasteiger partial charge is 0.00618 e. The van der Waals surface area contributed by atoms with E-state index in [-0.39, 0.29) is 0 Å². The van der Waals surface area contributed by atoms with Crippen molar-refractivity contribution in [3.63, 3.8) is 0 Å². The summed E-state index contributed by atoms with van der Waals surface area (Å²) in [4.78, 5) is 2.56. The molecule has 1 saturated heterocycles. The van der Waals surface area contributed by atoms with Gasteiger partial charge < -0.3 is 10.2 Å². The standard InChI is InChI=1S/C13H28N2/c1-5-15-8-6-13(7-9-15)10-14-12(4)11(2)3/h11-14H,5-10H2,1-4H3. The van der Waals surface area contributed by atoms with Gasteiger partial charge in [0.25, 0.3) is 0 Å². The van der Waals surface area contributed by atoms with Crippen molar-refractivity contribution in [2.75, 3.05) is 26.2 Å². The maximum Gasteiger partial charge on any atom is 0.00618 e. The van der Waals surface area contributed by atoms with E-state index < -0.39 is 0 Å². The molecule has 0 aromatic rings. The molecule has 2 heteroatoms. The van der Waals surface area contributed by atoms with Crippen LogP contribution in [0.1, 0.15) is 40.5 Å². The largest absolute Gasteiger partial charge is 0.314 e. The molecule has 0 aromatic carbocycles. The minimum Gasteiger partial charge on any atom is -0.314 e. The molecule has 90 valence electrons. The number of nitrogens with one attached hydrogen (secondary N) is 1. The minimum atomic E-state index is 0.661. The average Bonchev–Trinajstić information content (AvgIpc) is 2.26. The van der Waals surface area contributed by atoms with Gasteiger partial charge in [0.1, 0.15) is 0 Å². The lowest BCUT2D eigenvalue weighted by atomic mass is 9.96. The second-order valence-electron chi connectivity index (χ2n) is 5.32. The molecule has 1 unspecified atom stereocenters. The Kier molecular flexibility index (Phi) is 5.62.